The molecule has 0 aliphatic heterocycles. The van der Waals surface area contributed by atoms with Crippen LogP contribution in [0, 0.1) is 0 Å². The summed E-state index contributed by atoms with van der Waals surface area (Å²) in [6.07, 6.45) is -4.32. The van der Waals surface area contributed by atoms with Crippen molar-refractivity contribution in [2.45, 2.75) is 19.6 Å². The van der Waals surface area contributed by atoms with Crippen LogP contribution in [0.2, 0.25) is 0 Å². The van der Waals surface area contributed by atoms with Crippen LogP contribution < -0.4 is 5.32 Å². The summed E-state index contributed by atoms with van der Waals surface area (Å²) in [6.45, 7) is 5.08. The van der Waals surface area contributed by atoms with Crippen molar-refractivity contribution in [3.8, 4) is 0 Å². The summed E-state index contributed by atoms with van der Waals surface area (Å²) in [5, 5.41) is 3.14. The Balaban J connectivity index is 2.56. The molecule has 0 aliphatic carbocycles. The van der Waals surface area contributed by atoms with Crippen LogP contribution in [-0.4, -0.2) is 31.6 Å². The highest BCUT2D eigenvalue weighted by Crippen LogP contribution is 2.35. The largest absolute Gasteiger partial charge is 0.417 e. The number of likely N-dealkylation sites (N-methyl/N-ethyl adjacent to an activating group) is 1. The lowest BCUT2D eigenvalue weighted by molar-refractivity contribution is -0.138. The third-order valence-electron chi connectivity index (χ3n) is 2.88. The van der Waals surface area contributed by atoms with E-state index in [0.29, 0.717) is 12.1 Å². The van der Waals surface area contributed by atoms with Gasteiger partial charge in [-0.15, -0.1) is 0 Å². The van der Waals surface area contributed by atoms with Crippen molar-refractivity contribution in [2.24, 2.45) is 0 Å². The van der Waals surface area contributed by atoms with Crippen LogP contribution in [0.1, 0.15) is 18.1 Å². The molecule has 19 heavy (non-hydrogen) atoms. The van der Waals surface area contributed by atoms with E-state index in [1.807, 2.05) is 7.05 Å². The molecule has 0 saturated carbocycles. The Hall–Kier alpha value is -0.590. The van der Waals surface area contributed by atoms with Gasteiger partial charge in [-0.3, -0.25) is 0 Å². The fourth-order valence-electron chi connectivity index (χ4n) is 1.56. The molecular formula is C13H18BrF3N2. The van der Waals surface area contributed by atoms with Gasteiger partial charge >= 0.3 is 6.18 Å². The van der Waals surface area contributed by atoms with Gasteiger partial charge in [0.15, 0.2) is 0 Å². The standard InChI is InChI=1S/C13H18BrF3N2/c1-3-19(2)7-6-18-9-10-4-5-12(14)11(8-10)13(15,16)17/h4-5,8,18H,3,6-7,9H2,1-2H3. The van der Waals surface area contributed by atoms with E-state index >= 15 is 0 Å². The van der Waals surface area contributed by atoms with Crippen molar-refractivity contribution < 1.29 is 13.2 Å². The van der Waals surface area contributed by atoms with Crippen molar-refractivity contribution in [2.75, 3.05) is 26.7 Å². The van der Waals surface area contributed by atoms with E-state index in [9.17, 15) is 13.2 Å². The molecule has 0 spiro atoms. The van der Waals surface area contributed by atoms with Crippen molar-refractivity contribution >= 4 is 15.9 Å². The molecule has 0 unspecified atom stereocenters. The number of nitrogens with zero attached hydrogens (tertiary/aromatic N) is 1. The van der Waals surface area contributed by atoms with E-state index < -0.39 is 11.7 Å². The van der Waals surface area contributed by atoms with Gasteiger partial charge in [0.2, 0.25) is 0 Å². The highest BCUT2D eigenvalue weighted by molar-refractivity contribution is 9.10. The Morgan fingerprint density at radius 1 is 1.32 bits per heavy atom. The van der Waals surface area contributed by atoms with Crippen LogP contribution in [0.25, 0.3) is 0 Å². The first-order chi connectivity index (χ1) is 8.84. The molecule has 0 saturated heterocycles. The number of nitrogens with one attached hydrogen (secondary N) is 1. The monoisotopic (exact) mass is 338 g/mol. The Labute approximate surface area is 120 Å². The summed E-state index contributed by atoms with van der Waals surface area (Å²) in [6, 6.07) is 4.31. The van der Waals surface area contributed by atoms with Gasteiger partial charge in [0, 0.05) is 24.1 Å². The molecule has 1 aromatic carbocycles. The van der Waals surface area contributed by atoms with Gasteiger partial charge in [-0.1, -0.05) is 28.9 Å². The van der Waals surface area contributed by atoms with Gasteiger partial charge < -0.3 is 10.2 Å². The maximum absolute atomic E-state index is 12.7. The molecule has 108 valence electrons. The molecule has 1 rings (SSSR count). The Bertz CT molecular complexity index is 407. The maximum Gasteiger partial charge on any atom is 0.417 e. The fraction of sp³-hybridized carbons (Fsp3) is 0.538. The fourth-order valence-corrected chi connectivity index (χ4v) is 2.03. The zero-order chi connectivity index (χ0) is 14.5. The Kier molecular flexibility index (Phi) is 6.29. The van der Waals surface area contributed by atoms with Crippen LogP contribution in [0.3, 0.4) is 0 Å². The first-order valence-electron chi connectivity index (χ1n) is 6.09. The molecule has 0 bridgehead atoms. The third kappa shape index (κ3) is 5.50. The minimum Gasteiger partial charge on any atom is -0.311 e. The average Bonchev–Trinajstić information content (AvgIpc) is 2.34. The van der Waals surface area contributed by atoms with Gasteiger partial charge in [-0.05, 0) is 31.3 Å². The first-order valence-corrected chi connectivity index (χ1v) is 6.88. The minimum atomic E-state index is -4.32. The highest BCUT2D eigenvalue weighted by atomic mass is 79.9. The predicted octanol–water partition coefficient (Wildman–Crippen LogP) is 3.51. The SMILES string of the molecule is CCN(C)CCNCc1ccc(Br)c(C(F)(F)F)c1. The molecule has 0 atom stereocenters. The van der Waals surface area contributed by atoms with E-state index in [0.717, 1.165) is 19.6 Å². The summed E-state index contributed by atoms with van der Waals surface area (Å²) >= 11 is 2.93. The van der Waals surface area contributed by atoms with Crippen LogP contribution in [0.4, 0.5) is 13.2 Å². The van der Waals surface area contributed by atoms with Crippen molar-refractivity contribution in [3.05, 3.63) is 33.8 Å². The molecule has 0 radical (unpaired) electrons. The second kappa shape index (κ2) is 7.26. The van der Waals surface area contributed by atoms with E-state index in [1.165, 1.54) is 12.1 Å². The molecule has 0 aromatic heterocycles. The lowest BCUT2D eigenvalue weighted by Gasteiger charge is -2.15. The van der Waals surface area contributed by atoms with E-state index in [4.69, 9.17) is 0 Å². The zero-order valence-electron chi connectivity index (χ0n) is 11.0. The van der Waals surface area contributed by atoms with Crippen molar-refractivity contribution in [1.82, 2.24) is 10.2 Å². The summed E-state index contributed by atoms with van der Waals surface area (Å²) in [7, 11) is 2.00. The molecule has 0 heterocycles. The Morgan fingerprint density at radius 2 is 2.00 bits per heavy atom. The van der Waals surface area contributed by atoms with Gasteiger partial charge in [0.05, 0.1) is 5.56 Å². The number of rotatable bonds is 6. The van der Waals surface area contributed by atoms with Crippen LogP contribution in [0.5, 0.6) is 0 Å². The van der Waals surface area contributed by atoms with Crippen molar-refractivity contribution in [1.29, 1.82) is 0 Å². The number of hydrogen-bond donors (Lipinski definition) is 1. The highest BCUT2D eigenvalue weighted by Gasteiger charge is 2.32. The normalized spacial score (nSPS) is 12.2. The summed E-state index contributed by atoms with van der Waals surface area (Å²) in [5.74, 6) is 0. The molecular weight excluding hydrogens is 321 g/mol. The average molecular weight is 339 g/mol. The van der Waals surface area contributed by atoms with Gasteiger partial charge in [-0.2, -0.15) is 13.2 Å². The topological polar surface area (TPSA) is 15.3 Å². The molecule has 0 aliphatic rings. The molecule has 1 aromatic rings. The summed E-state index contributed by atoms with van der Waals surface area (Å²) < 4.78 is 38.2. The van der Waals surface area contributed by atoms with Crippen molar-refractivity contribution in [3.63, 3.8) is 0 Å². The molecule has 0 fully saturated rings. The second-order valence-corrected chi connectivity index (χ2v) is 5.24. The minimum absolute atomic E-state index is 0.0782. The number of alkyl halides is 3. The lowest BCUT2D eigenvalue weighted by atomic mass is 10.1. The molecule has 6 heteroatoms. The predicted molar refractivity (Wildman–Crippen MR) is 74.0 cm³/mol. The van der Waals surface area contributed by atoms with E-state index in [-0.39, 0.29) is 4.47 Å². The first kappa shape index (κ1) is 16.5. The zero-order valence-corrected chi connectivity index (χ0v) is 12.6. The molecule has 2 nitrogen and oxygen atoms in total. The van der Waals surface area contributed by atoms with Crippen LogP contribution in [0.15, 0.2) is 22.7 Å². The number of benzene rings is 1. The second-order valence-electron chi connectivity index (χ2n) is 4.38. The van der Waals surface area contributed by atoms with Gasteiger partial charge in [-0.25, -0.2) is 0 Å². The van der Waals surface area contributed by atoms with Gasteiger partial charge in [0.25, 0.3) is 0 Å². The van der Waals surface area contributed by atoms with E-state index in [2.05, 4.69) is 33.1 Å². The van der Waals surface area contributed by atoms with E-state index in [1.54, 1.807) is 6.07 Å². The molecule has 1 N–H and O–H groups in total. The third-order valence-corrected chi connectivity index (χ3v) is 3.57. The summed E-state index contributed by atoms with van der Waals surface area (Å²) in [5.41, 5.74) is 0.00662. The van der Waals surface area contributed by atoms with Crippen LogP contribution in [-0.2, 0) is 12.7 Å². The van der Waals surface area contributed by atoms with Crippen LogP contribution >= 0.6 is 15.9 Å². The summed E-state index contributed by atoms with van der Waals surface area (Å²) in [4.78, 5) is 2.13. The van der Waals surface area contributed by atoms with Gasteiger partial charge in [0.1, 0.15) is 0 Å². The smallest absolute Gasteiger partial charge is 0.311 e. The Morgan fingerprint density at radius 3 is 2.58 bits per heavy atom. The lowest BCUT2D eigenvalue weighted by Crippen LogP contribution is -2.28. The maximum atomic E-state index is 12.7. The number of hydrogen-bond acceptors (Lipinski definition) is 2. The molecule has 0 amide bonds. The number of halogens is 4. The quantitative estimate of drug-likeness (QED) is 0.798.